The van der Waals surface area contributed by atoms with Gasteiger partial charge in [-0.2, -0.15) is 0 Å². The van der Waals surface area contributed by atoms with Crippen molar-refractivity contribution < 1.29 is 4.79 Å². The van der Waals surface area contributed by atoms with Crippen molar-refractivity contribution >= 4 is 34.4 Å². The summed E-state index contributed by atoms with van der Waals surface area (Å²) in [6.45, 7) is 3.30. The molecule has 1 aliphatic rings. The van der Waals surface area contributed by atoms with Crippen LogP contribution in [0.4, 0.5) is 0 Å². The first-order valence-corrected chi connectivity index (χ1v) is 8.80. The second kappa shape index (κ2) is 7.20. The number of nitrogens with zero attached hydrogens (tertiary/aromatic N) is 2. The van der Waals surface area contributed by atoms with Gasteiger partial charge < -0.3 is 0 Å². The van der Waals surface area contributed by atoms with Gasteiger partial charge in [0.05, 0.1) is 6.54 Å². The lowest BCUT2D eigenvalue weighted by Crippen LogP contribution is -2.32. The zero-order valence-corrected chi connectivity index (χ0v) is 14.4. The third-order valence-electron chi connectivity index (χ3n) is 3.57. The zero-order valence-electron chi connectivity index (χ0n) is 12.8. The van der Waals surface area contributed by atoms with Gasteiger partial charge in [0.25, 0.3) is 5.91 Å². The highest BCUT2D eigenvalue weighted by atomic mass is 35.5. The molecule has 3 nitrogen and oxygen atoms in total. The Hall–Kier alpha value is -1.78. The van der Waals surface area contributed by atoms with Crippen LogP contribution in [0.2, 0.25) is 5.02 Å². The van der Waals surface area contributed by atoms with Crippen LogP contribution in [0.25, 0.3) is 0 Å². The van der Waals surface area contributed by atoms with Crippen molar-refractivity contribution in [3.8, 4) is 0 Å². The first-order chi connectivity index (χ1) is 11.1. The number of amidine groups is 1. The molecule has 2 aromatic rings. The van der Waals surface area contributed by atoms with Crippen LogP contribution < -0.4 is 0 Å². The van der Waals surface area contributed by atoms with Gasteiger partial charge in [-0.15, -0.1) is 0 Å². The molecule has 1 amide bonds. The maximum atomic E-state index is 12.7. The molecule has 0 saturated carbocycles. The van der Waals surface area contributed by atoms with Crippen LogP contribution in [0.5, 0.6) is 0 Å². The summed E-state index contributed by atoms with van der Waals surface area (Å²) < 4.78 is 0. The number of hydrogen-bond acceptors (Lipinski definition) is 3. The molecule has 118 valence electrons. The molecule has 0 atom stereocenters. The highest BCUT2D eigenvalue weighted by Gasteiger charge is 2.25. The number of aryl methyl sites for hydroxylation is 1. The van der Waals surface area contributed by atoms with Gasteiger partial charge in [-0.25, -0.2) is 0 Å². The van der Waals surface area contributed by atoms with Crippen molar-refractivity contribution in [2.75, 3.05) is 13.1 Å². The maximum Gasteiger partial charge on any atom is 0.259 e. The van der Waals surface area contributed by atoms with Crippen molar-refractivity contribution in [1.82, 2.24) is 4.90 Å². The van der Waals surface area contributed by atoms with Crippen molar-refractivity contribution in [2.24, 2.45) is 4.99 Å². The minimum Gasteiger partial charge on any atom is -0.286 e. The lowest BCUT2D eigenvalue weighted by Gasteiger charge is -2.18. The van der Waals surface area contributed by atoms with Crippen LogP contribution in [0.15, 0.2) is 53.5 Å². The monoisotopic (exact) mass is 344 g/mol. The standard InChI is InChI=1S/C18H17ClN2OS/c1-13-4-2-6-15(10-13)17(22)21-9-8-20-18(21)23-12-14-5-3-7-16(19)11-14/h2-7,10-11H,8-9,12H2,1H3. The molecule has 0 N–H and O–H groups in total. The maximum absolute atomic E-state index is 12.7. The van der Waals surface area contributed by atoms with E-state index in [0.29, 0.717) is 18.7 Å². The van der Waals surface area contributed by atoms with Gasteiger partial charge in [-0.3, -0.25) is 14.7 Å². The number of rotatable bonds is 3. The van der Waals surface area contributed by atoms with E-state index in [0.717, 1.165) is 27.1 Å². The highest BCUT2D eigenvalue weighted by molar-refractivity contribution is 8.13. The number of halogens is 1. The summed E-state index contributed by atoms with van der Waals surface area (Å²) in [6.07, 6.45) is 0. The molecule has 3 rings (SSSR count). The van der Waals surface area contributed by atoms with Gasteiger partial charge in [0.2, 0.25) is 0 Å². The summed E-state index contributed by atoms with van der Waals surface area (Å²) in [7, 11) is 0. The minimum absolute atomic E-state index is 0.0172. The van der Waals surface area contributed by atoms with Crippen LogP contribution in [0.1, 0.15) is 21.5 Å². The molecule has 2 aromatic carbocycles. The largest absolute Gasteiger partial charge is 0.286 e. The lowest BCUT2D eigenvalue weighted by molar-refractivity contribution is 0.0860. The van der Waals surface area contributed by atoms with Gasteiger partial charge >= 0.3 is 0 Å². The van der Waals surface area contributed by atoms with Crippen LogP contribution in [0.3, 0.4) is 0 Å². The first-order valence-electron chi connectivity index (χ1n) is 7.44. The first kappa shape index (κ1) is 16.1. The van der Waals surface area contributed by atoms with Gasteiger partial charge in [-0.05, 0) is 36.8 Å². The Kier molecular flexibility index (Phi) is 5.03. The van der Waals surface area contributed by atoms with Gasteiger partial charge in [0.1, 0.15) is 0 Å². The number of carbonyl (C=O) groups is 1. The minimum atomic E-state index is 0.0172. The number of thioether (sulfide) groups is 1. The van der Waals surface area contributed by atoms with Crippen LogP contribution in [-0.4, -0.2) is 29.1 Å². The summed E-state index contributed by atoms with van der Waals surface area (Å²) in [4.78, 5) is 18.9. The Morgan fingerprint density at radius 2 is 2.09 bits per heavy atom. The molecule has 0 unspecified atom stereocenters. The van der Waals surface area contributed by atoms with Crippen LogP contribution in [-0.2, 0) is 5.75 Å². The molecule has 0 fully saturated rings. The average molecular weight is 345 g/mol. The van der Waals surface area contributed by atoms with Gasteiger partial charge in [0, 0.05) is 22.9 Å². The fourth-order valence-corrected chi connectivity index (χ4v) is 3.65. The quantitative estimate of drug-likeness (QED) is 0.827. The zero-order chi connectivity index (χ0) is 16.2. The third kappa shape index (κ3) is 3.95. The number of aliphatic imine (C=N–C) groups is 1. The molecule has 0 spiro atoms. The normalized spacial score (nSPS) is 14.0. The van der Waals surface area contributed by atoms with E-state index < -0.39 is 0 Å². The van der Waals surface area contributed by atoms with E-state index in [1.807, 2.05) is 55.5 Å². The highest BCUT2D eigenvalue weighted by Crippen LogP contribution is 2.23. The molecular formula is C18H17ClN2OS. The second-order valence-electron chi connectivity index (χ2n) is 5.41. The Balaban J connectivity index is 1.69. The molecule has 1 heterocycles. The van der Waals surface area contributed by atoms with Gasteiger partial charge in [-0.1, -0.05) is 53.2 Å². The summed E-state index contributed by atoms with van der Waals surface area (Å²) in [5.41, 5.74) is 2.92. The second-order valence-corrected chi connectivity index (χ2v) is 6.79. The molecule has 1 aliphatic heterocycles. The van der Waals surface area contributed by atoms with Crippen molar-refractivity contribution in [2.45, 2.75) is 12.7 Å². The molecule has 23 heavy (non-hydrogen) atoms. The fourth-order valence-electron chi connectivity index (χ4n) is 2.45. The summed E-state index contributed by atoms with van der Waals surface area (Å²) in [5.74, 6) is 0.764. The predicted molar refractivity (Wildman–Crippen MR) is 97.3 cm³/mol. The third-order valence-corrected chi connectivity index (χ3v) is 4.89. The van der Waals surface area contributed by atoms with E-state index in [1.165, 1.54) is 0 Å². The number of carbonyl (C=O) groups excluding carboxylic acids is 1. The van der Waals surface area contributed by atoms with E-state index in [-0.39, 0.29) is 5.91 Å². The number of benzene rings is 2. The molecule has 0 radical (unpaired) electrons. The smallest absolute Gasteiger partial charge is 0.259 e. The summed E-state index contributed by atoms with van der Waals surface area (Å²) in [5, 5.41) is 1.51. The molecule has 0 bridgehead atoms. The summed E-state index contributed by atoms with van der Waals surface area (Å²) in [6, 6.07) is 15.4. The van der Waals surface area contributed by atoms with Gasteiger partial charge in [0.15, 0.2) is 5.17 Å². The fraction of sp³-hybridized carbons (Fsp3) is 0.222. The number of hydrogen-bond donors (Lipinski definition) is 0. The molecule has 0 saturated heterocycles. The Labute approximate surface area is 145 Å². The topological polar surface area (TPSA) is 32.7 Å². The van der Waals surface area contributed by atoms with E-state index in [1.54, 1.807) is 16.7 Å². The van der Waals surface area contributed by atoms with Crippen LogP contribution in [0, 0.1) is 6.92 Å². The van der Waals surface area contributed by atoms with E-state index in [4.69, 9.17) is 11.6 Å². The predicted octanol–water partition coefficient (Wildman–Crippen LogP) is 4.39. The Morgan fingerprint density at radius 3 is 2.87 bits per heavy atom. The summed E-state index contributed by atoms with van der Waals surface area (Å²) >= 11 is 7.59. The molecule has 0 aliphatic carbocycles. The lowest BCUT2D eigenvalue weighted by atomic mass is 10.1. The Morgan fingerprint density at radius 1 is 1.26 bits per heavy atom. The van der Waals surface area contributed by atoms with E-state index >= 15 is 0 Å². The SMILES string of the molecule is Cc1cccc(C(=O)N2CCN=C2SCc2cccc(Cl)c2)c1. The molecule has 0 aromatic heterocycles. The number of amides is 1. The van der Waals surface area contributed by atoms with E-state index in [9.17, 15) is 4.79 Å². The van der Waals surface area contributed by atoms with Crippen LogP contribution >= 0.6 is 23.4 Å². The van der Waals surface area contributed by atoms with E-state index in [2.05, 4.69) is 4.99 Å². The van der Waals surface area contributed by atoms with Crippen molar-refractivity contribution in [1.29, 1.82) is 0 Å². The average Bonchev–Trinajstić information content (AvgIpc) is 3.01. The molecule has 5 heteroatoms. The van der Waals surface area contributed by atoms with Crippen molar-refractivity contribution in [3.63, 3.8) is 0 Å². The van der Waals surface area contributed by atoms with Crippen molar-refractivity contribution in [3.05, 3.63) is 70.2 Å². The Bertz CT molecular complexity index is 760. The molecular weight excluding hydrogens is 328 g/mol.